The van der Waals surface area contributed by atoms with Crippen molar-refractivity contribution in [3.63, 3.8) is 0 Å². The van der Waals surface area contributed by atoms with Crippen LogP contribution in [0.2, 0.25) is 0 Å². The first-order chi connectivity index (χ1) is 9.72. The maximum absolute atomic E-state index is 4.35. The molecule has 106 valence electrons. The summed E-state index contributed by atoms with van der Waals surface area (Å²) in [6, 6.07) is 7.29. The molecular weight excluding hydrogens is 266 g/mol. The van der Waals surface area contributed by atoms with E-state index in [-0.39, 0.29) is 0 Å². The predicted octanol–water partition coefficient (Wildman–Crippen LogP) is 3.23. The number of aryl methyl sites for hydroxylation is 2. The van der Waals surface area contributed by atoms with E-state index in [9.17, 15) is 0 Å². The quantitative estimate of drug-likeness (QED) is 0.917. The Bertz CT molecular complexity index is 589. The molecule has 0 amide bonds. The highest BCUT2D eigenvalue weighted by atomic mass is 32.1. The standard InChI is InChI=1S/C16H21N3S/c1-11(2)17-9-8-15-18-19-16(20-15)14-7-6-12-4-3-5-13(12)10-14/h6-7,10-11,17H,3-5,8-9H2,1-2H3. The van der Waals surface area contributed by atoms with Gasteiger partial charge < -0.3 is 5.32 Å². The SMILES string of the molecule is CC(C)NCCc1nnc(-c2ccc3c(c2)CCC3)s1. The summed E-state index contributed by atoms with van der Waals surface area (Å²) in [7, 11) is 0. The van der Waals surface area contributed by atoms with Crippen molar-refractivity contribution in [1.29, 1.82) is 0 Å². The van der Waals surface area contributed by atoms with Gasteiger partial charge in [-0.1, -0.05) is 37.3 Å². The van der Waals surface area contributed by atoms with Crippen LogP contribution in [0.5, 0.6) is 0 Å². The largest absolute Gasteiger partial charge is 0.314 e. The van der Waals surface area contributed by atoms with Crippen LogP contribution < -0.4 is 5.32 Å². The van der Waals surface area contributed by atoms with E-state index in [2.05, 4.69) is 47.6 Å². The second-order valence-electron chi connectivity index (χ2n) is 5.70. The van der Waals surface area contributed by atoms with Gasteiger partial charge in [0, 0.05) is 24.6 Å². The summed E-state index contributed by atoms with van der Waals surface area (Å²) in [5.41, 5.74) is 4.24. The lowest BCUT2D eigenvalue weighted by molar-refractivity contribution is 0.588. The van der Waals surface area contributed by atoms with Gasteiger partial charge in [0.2, 0.25) is 0 Å². The van der Waals surface area contributed by atoms with E-state index < -0.39 is 0 Å². The predicted molar refractivity (Wildman–Crippen MR) is 84.2 cm³/mol. The third-order valence-corrected chi connectivity index (χ3v) is 4.74. The Morgan fingerprint density at radius 3 is 2.90 bits per heavy atom. The Labute approximate surface area is 124 Å². The van der Waals surface area contributed by atoms with Crippen LogP contribution in [-0.2, 0) is 19.3 Å². The van der Waals surface area contributed by atoms with Crippen molar-refractivity contribution in [3.05, 3.63) is 34.3 Å². The summed E-state index contributed by atoms with van der Waals surface area (Å²) < 4.78 is 0. The molecule has 20 heavy (non-hydrogen) atoms. The summed E-state index contributed by atoms with van der Waals surface area (Å²) in [5.74, 6) is 0. The van der Waals surface area contributed by atoms with Gasteiger partial charge >= 0.3 is 0 Å². The van der Waals surface area contributed by atoms with Crippen molar-refractivity contribution in [2.24, 2.45) is 0 Å². The number of benzene rings is 1. The summed E-state index contributed by atoms with van der Waals surface area (Å²) in [5, 5.41) is 14.3. The van der Waals surface area contributed by atoms with Gasteiger partial charge in [0.25, 0.3) is 0 Å². The van der Waals surface area contributed by atoms with Gasteiger partial charge in [-0.3, -0.25) is 0 Å². The molecule has 1 aliphatic rings. The Hall–Kier alpha value is -1.26. The molecule has 0 aliphatic heterocycles. The lowest BCUT2D eigenvalue weighted by Gasteiger charge is -2.05. The van der Waals surface area contributed by atoms with E-state index in [1.165, 1.54) is 36.0 Å². The third-order valence-electron chi connectivity index (χ3n) is 3.70. The number of rotatable bonds is 5. The van der Waals surface area contributed by atoms with E-state index in [1.54, 1.807) is 11.3 Å². The topological polar surface area (TPSA) is 37.8 Å². The maximum atomic E-state index is 4.35. The Balaban J connectivity index is 1.70. The fourth-order valence-electron chi connectivity index (χ4n) is 2.64. The number of hydrogen-bond donors (Lipinski definition) is 1. The molecule has 1 heterocycles. The second-order valence-corrected chi connectivity index (χ2v) is 6.76. The van der Waals surface area contributed by atoms with Gasteiger partial charge in [-0.2, -0.15) is 0 Å². The summed E-state index contributed by atoms with van der Waals surface area (Å²) in [6.45, 7) is 5.29. The first kappa shape index (κ1) is 13.7. The summed E-state index contributed by atoms with van der Waals surface area (Å²) in [4.78, 5) is 0. The van der Waals surface area contributed by atoms with Crippen molar-refractivity contribution < 1.29 is 0 Å². The van der Waals surface area contributed by atoms with E-state index in [0.29, 0.717) is 6.04 Å². The van der Waals surface area contributed by atoms with Crippen molar-refractivity contribution in [1.82, 2.24) is 15.5 Å². The zero-order valence-electron chi connectivity index (χ0n) is 12.1. The first-order valence-corrected chi connectivity index (χ1v) is 8.22. The molecule has 0 atom stereocenters. The van der Waals surface area contributed by atoms with Crippen LogP contribution in [0.15, 0.2) is 18.2 Å². The van der Waals surface area contributed by atoms with Crippen molar-refractivity contribution in [3.8, 4) is 10.6 Å². The minimum atomic E-state index is 0.527. The van der Waals surface area contributed by atoms with Crippen LogP contribution >= 0.6 is 11.3 Å². The zero-order valence-corrected chi connectivity index (χ0v) is 13.0. The molecule has 0 unspecified atom stereocenters. The van der Waals surface area contributed by atoms with Crippen molar-refractivity contribution in [2.75, 3.05) is 6.54 Å². The molecule has 1 aromatic heterocycles. The number of hydrogen-bond acceptors (Lipinski definition) is 4. The number of nitrogens with one attached hydrogen (secondary N) is 1. The van der Waals surface area contributed by atoms with Gasteiger partial charge in [-0.25, -0.2) is 0 Å². The Morgan fingerprint density at radius 2 is 2.05 bits per heavy atom. The molecule has 1 aliphatic carbocycles. The first-order valence-electron chi connectivity index (χ1n) is 7.40. The molecule has 0 radical (unpaired) electrons. The molecule has 3 rings (SSSR count). The van der Waals surface area contributed by atoms with Crippen LogP contribution in [-0.4, -0.2) is 22.8 Å². The van der Waals surface area contributed by atoms with Crippen LogP contribution in [0.25, 0.3) is 10.6 Å². The van der Waals surface area contributed by atoms with Gasteiger partial charge in [0.1, 0.15) is 10.0 Å². The molecule has 0 spiro atoms. The zero-order chi connectivity index (χ0) is 13.9. The molecule has 1 N–H and O–H groups in total. The van der Waals surface area contributed by atoms with Crippen LogP contribution in [0.3, 0.4) is 0 Å². The van der Waals surface area contributed by atoms with Gasteiger partial charge in [0.05, 0.1) is 0 Å². The second kappa shape index (κ2) is 6.02. The van der Waals surface area contributed by atoms with Gasteiger partial charge in [0.15, 0.2) is 0 Å². The average Bonchev–Trinajstić information content (AvgIpc) is 3.05. The molecule has 3 nitrogen and oxygen atoms in total. The fourth-order valence-corrected chi connectivity index (χ4v) is 3.48. The highest BCUT2D eigenvalue weighted by Crippen LogP contribution is 2.29. The lowest BCUT2D eigenvalue weighted by Crippen LogP contribution is -2.24. The fraction of sp³-hybridized carbons (Fsp3) is 0.500. The molecular formula is C16H21N3S. The Morgan fingerprint density at radius 1 is 1.20 bits per heavy atom. The molecule has 2 aromatic rings. The normalized spacial score (nSPS) is 13.9. The summed E-state index contributed by atoms with van der Waals surface area (Å²) in [6.07, 6.45) is 4.70. The number of fused-ring (bicyclic) bond motifs is 1. The minimum absolute atomic E-state index is 0.527. The van der Waals surface area contributed by atoms with E-state index >= 15 is 0 Å². The smallest absolute Gasteiger partial charge is 0.147 e. The molecule has 0 saturated heterocycles. The molecule has 0 fully saturated rings. The van der Waals surface area contributed by atoms with E-state index in [0.717, 1.165) is 23.0 Å². The molecule has 0 saturated carbocycles. The lowest BCUT2D eigenvalue weighted by atomic mass is 10.1. The van der Waals surface area contributed by atoms with Crippen LogP contribution in [0, 0.1) is 0 Å². The van der Waals surface area contributed by atoms with Crippen LogP contribution in [0.1, 0.15) is 36.4 Å². The van der Waals surface area contributed by atoms with Gasteiger partial charge in [-0.05, 0) is 36.5 Å². The number of nitrogens with zero attached hydrogens (tertiary/aromatic N) is 2. The summed E-state index contributed by atoms with van der Waals surface area (Å²) >= 11 is 1.72. The van der Waals surface area contributed by atoms with Crippen LogP contribution in [0.4, 0.5) is 0 Å². The van der Waals surface area contributed by atoms with Crippen molar-refractivity contribution >= 4 is 11.3 Å². The molecule has 1 aromatic carbocycles. The van der Waals surface area contributed by atoms with Gasteiger partial charge in [-0.15, -0.1) is 10.2 Å². The molecule has 4 heteroatoms. The highest BCUT2D eigenvalue weighted by Gasteiger charge is 2.13. The maximum Gasteiger partial charge on any atom is 0.147 e. The van der Waals surface area contributed by atoms with E-state index in [1.807, 2.05) is 0 Å². The number of aromatic nitrogens is 2. The minimum Gasteiger partial charge on any atom is -0.314 e. The Kier molecular flexibility index (Phi) is 4.13. The van der Waals surface area contributed by atoms with Crippen molar-refractivity contribution in [2.45, 2.75) is 45.6 Å². The third kappa shape index (κ3) is 3.07. The monoisotopic (exact) mass is 287 g/mol. The average molecular weight is 287 g/mol. The highest BCUT2D eigenvalue weighted by molar-refractivity contribution is 7.14. The van der Waals surface area contributed by atoms with E-state index in [4.69, 9.17) is 0 Å². The molecule has 0 bridgehead atoms.